The second kappa shape index (κ2) is 6.20. The van der Waals surface area contributed by atoms with Gasteiger partial charge in [-0.05, 0) is 37.3 Å². The van der Waals surface area contributed by atoms with E-state index in [9.17, 15) is 4.79 Å². The van der Waals surface area contributed by atoms with E-state index in [0.29, 0.717) is 6.04 Å². The fourth-order valence-corrected chi connectivity index (χ4v) is 2.30. The Morgan fingerprint density at radius 1 is 1.32 bits per heavy atom. The van der Waals surface area contributed by atoms with Crippen molar-refractivity contribution in [3.05, 3.63) is 35.4 Å². The third-order valence-electron chi connectivity index (χ3n) is 3.89. The normalized spacial score (nSPS) is 18.0. The topological polar surface area (TPSA) is 49.3 Å². The van der Waals surface area contributed by atoms with Gasteiger partial charge in [-0.25, -0.2) is 0 Å². The van der Waals surface area contributed by atoms with Crippen LogP contribution in [0.3, 0.4) is 0 Å². The quantitative estimate of drug-likeness (QED) is 0.792. The molecule has 1 aliphatic carbocycles. The van der Waals surface area contributed by atoms with Crippen LogP contribution in [0.5, 0.6) is 0 Å². The summed E-state index contributed by atoms with van der Waals surface area (Å²) in [7, 11) is 0. The SMILES string of the molecule is CC(CC1CC1)NCc1ccc(C(C)C(=O)O)cc1. The standard InChI is InChI=1S/C16H23NO2/c1-11(9-13-3-4-13)17-10-14-5-7-15(8-6-14)12(2)16(18)19/h5-8,11-13,17H,3-4,9-10H2,1-2H3,(H,18,19). The predicted octanol–water partition coefficient (Wildman–Crippen LogP) is 3.15. The molecule has 0 aliphatic heterocycles. The second-order valence-corrected chi connectivity index (χ2v) is 5.76. The molecule has 104 valence electrons. The van der Waals surface area contributed by atoms with Gasteiger partial charge in [0, 0.05) is 12.6 Å². The molecule has 0 radical (unpaired) electrons. The molecule has 0 amide bonds. The molecule has 0 saturated heterocycles. The molecule has 0 aromatic heterocycles. The largest absolute Gasteiger partial charge is 0.481 e. The van der Waals surface area contributed by atoms with E-state index in [1.807, 2.05) is 24.3 Å². The highest BCUT2D eigenvalue weighted by atomic mass is 16.4. The Morgan fingerprint density at radius 2 is 1.95 bits per heavy atom. The highest BCUT2D eigenvalue weighted by molar-refractivity contribution is 5.75. The van der Waals surface area contributed by atoms with Gasteiger partial charge < -0.3 is 10.4 Å². The van der Waals surface area contributed by atoms with E-state index in [1.165, 1.54) is 24.8 Å². The zero-order valence-corrected chi connectivity index (χ0v) is 11.7. The van der Waals surface area contributed by atoms with E-state index < -0.39 is 11.9 Å². The smallest absolute Gasteiger partial charge is 0.310 e. The van der Waals surface area contributed by atoms with Gasteiger partial charge in [0.1, 0.15) is 0 Å². The van der Waals surface area contributed by atoms with Gasteiger partial charge >= 0.3 is 5.97 Å². The number of carbonyl (C=O) groups is 1. The van der Waals surface area contributed by atoms with Crippen molar-refractivity contribution in [2.24, 2.45) is 5.92 Å². The molecule has 2 rings (SSSR count). The van der Waals surface area contributed by atoms with Crippen molar-refractivity contribution >= 4 is 5.97 Å². The lowest BCUT2D eigenvalue weighted by atomic mass is 10.00. The molecular weight excluding hydrogens is 238 g/mol. The highest BCUT2D eigenvalue weighted by Crippen LogP contribution is 2.33. The van der Waals surface area contributed by atoms with Gasteiger partial charge in [-0.1, -0.05) is 37.1 Å². The number of carboxylic acid groups (broad SMARTS) is 1. The maximum Gasteiger partial charge on any atom is 0.310 e. The van der Waals surface area contributed by atoms with Crippen molar-refractivity contribution in [3.8, 4) is 0 Å². The van der Waals surface area contributed by atoms with Gasteiger partial charge in [-0.3, -0.25) is 4.79 Å². The summed E-state index contributed by atoms with van der Waals surface area (Å²) in [6.45, 7) is 4.81. The Bertz CT molecular complexity index is 423. The molecule has 2 unspecified atom stereocenters. The van der Waals surface area contributed by atoms with Crippen LogP contribution < -0.4 is 5.32 Å². The van der Waals surface area contributed by atoms with E-state index in [-0.39, 0.29) is 0 Å². The molecule has 1 aromatic carbocycles. The number of rotatable bonds is 7. The second-order valence-electron chi connectivity index (χ2n) is 5.76. The lowest BCUT2D eigenvalue weighted by molar-refractivity contribution is -0.138. The summed E-state index contributed by atoms with van der Waals surface area (Å²) in [5.74, 6) is -0.263. The summed E-state index contributed by atoms with van der Waals surface area (Å²) < 4.78 is 0. The zero-order valence-electron chi connectivity index (χ0n) is 11.7. The molecule has 3 heteroatoms. The van der Waals surface area contributed by atoms with Crippen LogP contribution >= 0.6 is 0 Å². The summed E-state index contributed by atoms with van der Waals surface area (Å²) in [6, 6.07) is 8.44. The summed E-state index contributed by atoms with van der Waals surface area (Å²) in [6.07, 6.45) is 4.07. The van der Waals surface area contributed by atoms with Crippen molar-refractivity contribution in [2.75, 3.05) is 0 Å². The van der Waals surface area contributed by atoms with Gasteiger partial charge in [0.2, 0.25) is 0 Å². The third kappa shape index (κ3) is 4.35. The van der Waals surface area contributed by atoms with Crippen LogP contribution in [-0.2, 0) is 11.3 Å². The van der Waals surface area contributed by atoms with E-state index in [1.54, 1.807) is 6.92 Å². The summed E-state index contributed by atoms with van der Waals surface area (Å²) in [5, 5.41) is 12.5. The first-order valence-electron chi connectivity index (χ1n) is 7.11. The fraction of sp³-hybridized carbons (Fsp3) is 0.562. The number of hydrogen-bond acceptors (Lipinski definition) is 2. The van der Waals surface area contributed by atoms with Crippen LogP contribution in [0.4, 0.5) is 0 Å². The minimum absolute atomic E-state index is 0.434. The first-order valence-corrected chi connectivity index (χ1v) is 7.11. The first kappa shape index (κ1) is 14.1. The Hall–Kier alpha value is -1.35. The molecule has 2 N–H and O–H groups in total. The Labute approximate surface area is 115 Å². The summed E-state index contributed by atoms with van der Waals surface area (Å²) in [5.41, 5.74) is 2.08. The van der Waals surface area contributed by atoms with Crippen molar-refractivity contribution in [1.29, 1.82) is 0 Å². The molecule has 2 atom stereocenters. The monoisotopic (exact) mass is 261 g/mol. The average Bonchev–Trinajstić information content (AvgIpc) is 3.20. The van der Waals surface area contributed by atoms with Crippen LogP contribution in [0.1, 0.15) is 50.2 Å². The molecule has 19 heavy (non-hydrogen) atoms. The van der Waals surface area contributed by atoms with E-state index in [0.717, 1.165) is 18.0 Å². The Kier molecular flexibility index (Phi) is 4.59. The number of benzene rings is 1. The number of aliphatic carboxylic acids is 1. The van der Waals surface area contributed by atoms with Crippen LogP contribution in [0, 0.1) is 5.92 Å². The van der Waals surface area contributed by atoms with Gasteiger partial charge in [0.25, 0.3) is 0 Å². The molecular formula is C16H23NO2. The zero-order chi connectivity index (χ0) is 13.8. The molecule has 3 nitrogen and oxygen atoms in total. The van der Waals surface area contributed by atoms with E-state index in [2.05, 4.69) is 12.2 Å². The van der Waals surface area contributed by atoms with E-state index in [4.69, 9.17) is 5.11 Å². The first-order chi connectivity index (χ1) is 9.06. The van der Waals surface area contributed by atoms with Gasteiger partial charge in [-0.15, -0.1) is 0 Å². The highest BCUT2D eigenvalue weighted by Gasteiger charge is 2.23. The maximum absolute atomic E-state index is 10.9. The maximum atomic E-state index is 10.9. The predicted molar refractivity (Wildman–Crippen MR) is 76.1 cm³/mol. The van der Waals surface area contributed by atoms with Gasteiger partial charge in [-0.2, -0.15) is 0 Å². The minimum atomic E-state index is -0.774. The van der Waals surface area contributed by atoms with Crippen LogP contribution in [0.15, 0.2) is 24.3 Å². The summed E-state index contributed by atoms with van der Waals surface area (Å²) >= 11 is 0. The Balaban J connectivity index is 1.82. The molecule has 0 spiro atoms. The molecule has 1 fully saturated rings. The van der Waals surface area contributed by atoms with Crippen molar-refractivity contribution in [1.82, 2.24) is 5.32 Å². The molecule has 1 aromatic rings. The Morgan fingerprint density at radius 3 is 2.47 bits per heavy atom. The lowest BCUT2D eigenvalue weighted by Gasteiger charge is -2.14. The average molecular weight is 261 g/mol. The van der Waals surface area contributed by atoms with Crippen molar-refractivity contribution in [2.45, 2.75) is 51.6 Å². The molecule has 0 heterocycles. The number of carboxylic acids is 1. The summed E-state index contributed by atoms with van der Waals surface area (Å²) in [4.78, 5) is 10.9. The fourth-order valence-electron chi connectivity index (χ4n) is 2.30. The van der Waals surface area contributed by atoms with Crippen LogP contribution in [-0.4, -0.2) is 17.1 Å². The third-order valence-corrected chi connectivity index (χ3v) is 3.89. The van der Waals surface area contributed by atoms with Gasteiger partial charge in [0.15, 0.2) is 0 Å². The van der Waals surface area contributed by atoms with Crippen molar-refractivity contribution in [3.63, 3.8) is 0 Å². The number of nitrogens with one attached hydrogen (secondary N) is 1. The van der Waals surface area contributed by atoms with E-state index >= 15 is 0 Å². The molecule has 1 aliphatic rings. The van der Waals surface area contributed by atoms with Gasteiger partial charge in [0.05, 0.1) is 5.92 Å². The van der Waals surface area contributed by atoms with Crippen LogP contribution in [0.2, 0.25) is 0 Å². The molecule has 1 saturated carbocycles. The van der Waals surface area contributed by atoms with Crippen molar-refractivity contribution < 1.29 is 9.90 Å². The number of hydrogen-bond donors (Lipinski definition) is 2. The van der Waals surface area contributed by atoms with Crippen LogP contribution in [0.25, 0.3) is 0 Å². The molecule has 0 bridgehead atoms. The lowest BCUT2D eigenvalue weighted by Crippen LogP contribution is -2.25. The minimum Gasteiger partial charge on any atom is -0.481 e.